The predicted molar refractivity (Wildman–Crippen MR) is 208 cm³/mol. The van der Waals surface area contributed by atoms with Crippen molar-refractivity contribution in [1.29, 1.82) is 0 Å². The van der Waals surface area contributed by atoms with Crippen LogP contribution >= 0.6 is 11.3 Å². The van der Waals surface area contributed by atoms with Crippen molar-refractivity contribution >= 4 is 49.1 Å². The van der Waals surface area contributed by atoms with Gasteiger partial charge in [0.05, 0.1) is 11.3 Å². The Labute approximate surface area is 319 Å². The fourth-order valence-corrected chi connectivity index (χ4v) is 7.96. The maximum atomic E-state index is 13.8. The van der Waals surface area contributed by atoms with E-state index in [1.165, 1.54) is 45.2 Å². The number of aromatic nitrogens is 1. The summed E-state index contributed by atoms with van der Waals surface area (Å²) >= 11 is 1.75. The standard InChI is InChI=1S/C31H25FNOS.C13H24O2.Ir/c1-18-22-14-15-33-27(25-7-5-6-24-23-13-12-21(32)16-26(23)34-28(24)25)30(22)35-29(18)20-10-8-19(9-11-20)17-31(2,3)4;1-5-10(6-2)12(14)9-13(15)11(7-3)8-4;/h5-6,8-16H,17H2,1-4H3;9-11,14H,5-8H2,1-4H3;/q-1;;/b;12-9-;. The molecule has 51 heavy (non-hydrogen) atoms. The van der Waals surface area contributed by atoms with E-state index in [4.69, 9.17) is 9.40 Å². The van der Waals surface area contributed by atoms with Gasteiger partial charge >= 0.3 is 0 Å². The van der Waals surface area contributed by atoms with E-state index >= 15 is 0 Å². The van der Waals surface area contributed by atoms with Crippen molar-refractivity contribution in [3.63, 3.8) is 0 Å². The third-order valence-corrected chi connectivity index (χ3v) is 10.9. The minimum atomic E-state index is -0.311. The number of carbonyl (C=O) groups is 1. The number of furan rings is 1. The number of rotatable bonds is 10. The van der Waals surface area contributed by atoms with E-state index < -0.39 is 0 Å². The summed E-state index contributed by atoms with van der Waals surface area (Å²) in [5, 5.41) is 12.8. The number of thiophene rings is 1. The molecule has 3 heterocycles. The molecule has 6 aromatic rings. The maximum absolute atomic E-state index is 13.8. The van der Waals surface area contributed by atoms with Gasteiger partial charge in [0.1, 0.15) is 11.4 Å². The number of nitrogens with zero attached hydrogens (tertiary/aromatic N) is 1. The Balaban J connectivity index is 0.000000312. The van der Waals surface area contributed by atoms with Crippen LogP contribution in [0.4, 0.5) is 4.39 Å². The van der Waals surface area contributed by atoms with Gasteiger partial charge in [0, 0.05) is 70.9 Å². The van der Waals surface area contributed by atoms with Gasteiger partial charge in [-0.1, -0.05) is 83.7 Å². The summed E-state index contributed by atoms with van der Waals surface area (Å²) in [6, 6.07) is 22.9. The van der Waals surface area contributed by atoms with E-state index in [2.05, 4.69) is 64.1 Å². The fraction of sp³-hybridized carbons (Fsp3) is 0.364. The fourth-order valence-electron chi connectivity index (χ4n) is 6.66. The van der Waals surface area contributed by atoms with E-state index in [1.807, 2.05) is 46.0 Å². The second kappa shape index (κ2) is 17.3. The molecule has 7 heteroatoms. The number of benzene rings is 3. The summed E-state index contributed by atoms with van der Waals surface area (Å²) < 4.78 is 21.1. The molecule has 0 saturated carbocycles. The van der Waals surface area contributed by atoms with Gasteiger partial charge in [-0.05, 0) is 84.7 Å². The van der Waals surface area contributed by atoms with E-state index in [9.17, 15) is 14.3 Å². The van der Waals surface area contributed by atoms with Crippen molar-refractivity contribution in [2.24, 2.45) is 17.3 Å². The zero-order valence-electron chi connectivity index (χ0n) is 30.9. The van der Waals surface area contributed by atoms with Gasteiger partial charge < -0.3 is 14.5 Å². The molecule has 0 aliphatic carbocycles. The van der Waals surface area contributed by atoms with Gasteiger partial charge in [0.2, 0.25) is 0 Å². The number of allylic oxidation sites excluding steroid dienone is 2. The molecule has 0 saturated heterocycles. The zero-order chi connectivity index (χ0) is 36.2. The molecular formula is C44H49FIrNO3S-. The van der Waals surface area contributed by atoms with Gasteiger partial charge in [0.25, 0.3) is 0 Å². The third-order valence-electron chi connectivity index (χ3n) is 9.52. The van der Waals surface area contributed by atoms with Crippen molar-refractivity contribution in [1.82, 2.24) is 4.98 Å². The summed E-state index contributed by atoms with van der Waals surface area (Å²) in [6.07, 6.45) is 7.81. The van der Waals surface area contributed by atoms with E-state index in [-0.39, 0.29) is 54.7 Å². The van der Waals surface area contributed by atoms with Crippen LogP contribution in [0, 0.1) is 36.1 Å². The van der Waals surface area contributed by atoms with Crippen LogP contribution in [-0.2, 0) is 31.3 Å². The molecule has 0 fully saturated rings. The van der Waals surface area contributed by atoms with Crippen LogP contribution in [-0.4, -0.2) is 15.9 Å². The van der Waals surface area contributed by atoms with E-state index in [1.54, 1.807) is 17.4 Å². The van der Waals surface area contributed by atoms with Crippen LogP contribution in [0.25, 0.3) is 53.7 Å². The van der Waals surface area contributed by atoms with Crippen LogP contribution in [0.3, 0.4) is 0 Å². The number of aryl methyl sites for hydroxylation is 1. The van der Waals surface area contributed by atoms with Crippen molar-refractivity contribution < 1.29 is 38.8 Å². The Kier molecular flexibility index (Phi) is 13.6. The van der Waals surface area contributed by atoms with Gasteiger partial charge in [-0.3, -0.25) is 4.79 Å². The number of fused-ring (bicyclic) bond motifs is 4. The molecule has 6 rings (SSSR count). The molecule has 0 atom stereocenters. The molecule has 0 bridgehead atoms. The van der Waals surface area contributed by atoms with Crippen LogP contribution in [0.5, 0.6) is 0 Å². The van der Waals surface area contributed by atoms with Crippen LogP contribution in [0.2, 0.25) is 0 Å². The third kappa shape index (κ3) is 9.06. The minimum Gasteiger partial charge on any atom is -0.512 e. The van der Waals surface area contributed by atoms with Crippen molar-refractivity contribution in [3.05, 3.63) is 102 Å². The number of carbonyl (C=O) groups excluding carboxylic acids is 1. The normalized spacial score (nSPS) is 12.1. The number of pyridine rings is 1. The van der Waals surface area contributed by atoms with Crippen molar-refractivity contribution in [3.8, 4) is 21.7 Å². The number of aliphatic hydroxyl groups excluding tert-OH is 1. The first-order valence-electron chi connectivity index (χ1n) is 17.8. The SMILES string of the molecule is CCC(CC)C(=O)/C=C(\O)C(CC)CC.Cc1c(-c2ccc(CC(C)(C)C)cc2)sc2c(-c3[c-]ccc4c3oc3cc(F)ccc34)nccc12.[Ir]. The molecule has 4 nitrogen and oxygen atoms in total. The molecule has 0 aliphatic heterocycles. The second-order valence-electron chi connectivity index (χ2n) is 14.4. The summed E-state index contributed by atoms with van der Waals surface area (Å²) in [7, 11) is 0. The Morgan fingerprint density at radius 3 is 2.24 bits per heavy atom. The largest absolute Gasteiger partial charge is 0.512 e. The quantitative estimate of drug-likeness (QED) is 0.0846. The number of hydrogen-bond donors (Lipinski definition) is 1. The van der Waals surface area contributed by atoms with Crippen LogP contribution < -0.4 is 0 Å². The van der Waals surface area contributed by atoms with Crippen molar-refractivity contribution in [2.75, 3.05) is 0 Å². The molecule has 3 aromatic carbocycles. The van der Waals surface area contributed by atoms with Gasteiger partial charge in [-0.15, -0.1) is 29.5 Å². The number of hydrogen-bond acceptors (Lipinski definition) is 5. The average Bonchev–Trinajstić information content (AvgIpc) is 3.62. The number of halogens is 1. The first-order chi connectivity index (χ1) is 23.9. The summed E-state index contributed by atoms with van der Waals surface area (Å²) in [6.45, 7) is 17.0. The zero-order valence-corrected chi connectivity index (χ0v) is 34.2. The Morgan fingerprint density at radius 2 is 1.61 bits per heavy atom. The molecule has 0 aliphatic rings. The van der Waals surface area contributed by atoms with Gasteiger partial charge in [0.15, 0.2) is 5.78 Å². The molecular weight excluding hydrogens is 834 g/mol. The van der Waals surface area contributed by atoms with Gasteiger partial charge in [-0.2, -0.15) is 0 Å². The van der Waals surface area contributed by atoms with E-state index in [0.29, 0.717) is 11.2 Å². The Hall–Kier alpha value is -3.64. The van der Waals surface area contributed by atoms with E-state index in [0.717, 1.165) is 58.8 Å². The van der Waals surface area contributed by atoms with Crippen LogP contribution in [0.1, 0.15) is 85.3 Å². The molecule has 3 aromatic heterocycles. The summed E-state index contributed by atoms with van der Waals surface area (Å²) in [5.41, 5.74) is 6.94. The molecule has 0 unspecified atom stereocenters. The average molecular weight is 883 g/mol. The van der Waals surface area contributed by atoms with Crippen molar-refractivity contribution in [2.45, 2.75) is 87.5 Å². The number of aliphatic hydroxyl groups is 1. The molecule has 0 spiro atoms. The monoisotopic (exact) mass is 883 g/mol. The van der Waals surface area contributed by atoms with Gasteiger partial charge in [-0.25, -0.2) is 4.39 Å². The first-order valence-corrected chi connectivity index (χ1v) is 18.6. The maximum Gasteiger partial charge on any atom is 0.162 e. The Morgan fingerprint density at radius 1 is 0.941 bits per heavy atom. The topological polar surface area (TPSA) is 63.3 Å². The molecule has 271 valence electrons. The Bertz CT molecular complexity index is 2130. The number of ketones is 1. The van der Waals surface area contributed by atoms with Crippen LogP contribution in [0.15, 0.2) is 83.1 Å². The molecule has 0 amide bonds. The minimum absolute atomic E-state index is 0. The molecule has 1 radical (unpaired) electrons. The second-order valence-corrected chi connectivity index (χ2v) is 15.4. The smallest absolute Gasteiger partial charge is 0.162 e. The first kappa shape index (κ1) is 40.1. The summed E-state index contributed by atoms with van der Waals surface area (Å²) in [4.78, 5) is 17.7. The molecule has 1 N–H and O–H groups in total. The predicted octanol–water partition coefficient (Wildman–Crippen LogP) is 13.2. The summed E-state index contributed by atoms with van der Waals surface area (Å²) in [5.74, 6) is 0.237.